The minimum Gasteiger partial charge on any atom is -0.310 e. The van der Waals surface area contributed by atoms with Gasteiger partial charge in [-0.2, -0.15) is 0 Å². The highest BCUT2D eigenvalue weighted by molar-refractivity contribution is 7.25. The summed E-state index contributed by atoms with van der Waals surface area (Å²) in [6, 6.07) is 67.0. The van der Waals surface area contributed by atoms with Crippen molar-refractivity contribution in [3.05, 3.63) is 193 Å². The van der Waals surface area contributed by atoms with Gasteiger partial charge in [0.2, 0.25) is 0 Å². The summed E-state index contributed by atoms with van der Waals surface area (Å²) in [6.07, 6.45) is 0. The lowest BCUT2D eigenvalue weighted by molar-refractivity contribution is 0.660. The monoisotopic (exact) mass is 708 g/mol. The van der Waals surface area contributed by atoms with E-state index in [-0.39, 0.29) is 5.41 Å². The molecule has 2 aromatic heterocycles. The number of nitrogens with zero attached hydrogens (tertiary/aromatic N) is 2. The summed E-state index contributed by atoms with van der Waals surface area (Å²) in [6.45, 7) is 4.71. The maximum Gasteiger partial charge on any atom is 0.0541 e. The first-order valence-corrected chi connectivity index (χ1v) is 19.5. The van der Waals surface area contributed by atoms with Crippen molar-refractivity contribution < 1.29 is 0 Å². The third-order valence-corrected chi connectivity index (χ3v) is 12.7. The highest BCUT2D eigenvalue weighted by atomic mass is 32.1. The van der Waals surface area contributed by atoms with Gasteiger partial charge in [-0.1, -0.05) is 117 Å². The lowest BCUT2D eigenvalue weighted by atomic mass is 9.82. The topological polar surface area (TPSA) is 8.17 Å². The zero-order valence-electron chi connectivity index (χ0n) is 30.1. The Bertz CT molecular complexity index is 3080. The molecule has 1 aliphatic carbocycles. The fraction of sp³-hybridized carbons (Fsp3) is 0.0588. The van der Waals surface area contributed by atoms with Crippen molar-refractivity contribution in [1.82, 2.24) is 4.57 Å². The van der Waals surface area contributed by atoms with Gasteiger partial charge in [0.25, 0.3) is 0 Å². The molecule has 11 rings (SSSR count). The van der Waals surface area contributed by atoms with E-state index < -0.39 is 0 Å². The third-order valence-electron chi connectivity index (χ3n) is 11.6. The number of aromatic nitrogens is 1. The van der Waals surface area contributed by atoms with Crippen LogP contribution in [0.3, 0.4) is 0 Å². The van der Waals surface area contributed by atoms with Gasteiger partial charge in [0.05, 0.1) is 11.0 Å². The van der Waals surface area contributed by atoms with Crippen molar-refractivity contribution in [2.45, 2.75) is 19.3 Å². The van der Waals surface area contributed by atoms with Crippen LogP contribution in [0.4, 0.5) is 17.1 Å². The second-order valence-corrected chi connectivity index (χ2v) is 16.1. The van der Waals surface area contributed by atoms with E-state index in [0.717, 1.165) is 11.4 Å². The van der Waals surface area contributed by atoms with Crippen LogP contribution in [-0.4, -0.2) is 4.57 Å². The summed E-state index contributed by atoms with van der Waals surface area (Å²) < 4.78 is 4.98. The number of hydrogen-bond acceptors (Lipinski definition) is 2. The van der Waals surface area contributed by atoms with Crippen LogP contribution in [0, 0.1) is 0 Å². The first kappa shape index (κ1) is 31.1. The predicted octanol–water partition coefficient (Wildman–Crippen LogP) is 14.6. The average molecular weight is 709 g/mol. The van der Waals surface area contributed by atoms with Gasteiger partial charge in [0, 0.05) is 59.1 Å². The predicted molar refractivity (Wildman–Crippen MR) is 231 cm³/mol. The molecule has 3 heteroatoms. The molecular weight excluding hydrogens is 673 g/mol. The van der Waals surface area contributed by atoms with Crippen LogP contribution in [0.15, 0.2) is 182 Å². The van der Waals surface area contributed by atoms with Crippen molar-refractivity contribution in [3.63, 3.8) is 0 Å². The number of rotatable bonds is 5. The summed E-state index contributed by atoms with van der Waals surface area (Å²) in [7, 11) is 0. The largest absolute Gasteiger partial charge is 0.310 e. The van der Waals surface area contributed by atoms with E-state index in [2.05, 4.69) is 205 Å². The van der Waals surface area contributed by atoms with E-state index in [9.17, 15) is 0 Å². The third kappa shape index (κ3) is 4.65. The molecule has 54 heavy (non-hydrogen) atoms. The molecule has 0 aliphatic heterocycles. The number of para-hydroxylation sites is 3. The van der Waals surface area contributed by atoms with E-state index >= 15 is 0 Å². The van der Waals surface area contributed by atoms with Crippen molar-refractivity contribution in [2.24, 2.45) is 0 Å². The Morgan fingerprint density at radius 3 is 1.96 bits per heavy atom. The van der Waals surface area contributed by atoms with Crippen molar-refractivity contribution in [1.29, 1.82) is 0 Å². The van der Waals surface area contributed by atoms with Crippen LogP contribution in [0.2, 0.25) is 0 Å². The molecule has 2 nitrogen and oxygen atoms in total. The number of fused-ring (bicyclic) bond motifs is 9. The summed E-state index contributed by atoms with van der Waals surface area (Å²) in [5, 5.41) is 5.12. The zero-order valence-corrected chi connectivity index (χ0v) is 30.9. The molecule has 0 bridgehead atoms. The molecule has 0 radical (unpaired) electrons. The van der Waals surface area contributed by atoms with Crippen LogP contribution >= 0.6 is 11.3 Å². The van der Waals surface area contributed by atoms with E-state index in [1.807, 2.05) is 11.3 Å². The van der Waals surface area contributed by atoms with Crippen LogP contribution in [-0.2, 0) is 5.41 Å². The van der Waals surface area contributed by atoms with Gasteiger partial charge in [-0.05, 0) is 112 Å². The fourth-order valence-electron chi connectivity index (χ4n) is 8.95. The quantitative estimate of drug-likeness (QED) is 0.173. The van der Waals surface area contributed by atoms with E-state index in [4.69, 9.17) is 0 Å². The second kappa shape index (κ2) is 11.8. The van der Waals surface area contributed by atoms with Gasteiger partial charge < -0.3 is 9.47 Å². The number of hydrogen-bond donors (Lipinski definition) is 0. The molecule has 256 valence electrons. The van der Waals surface area contributed by atoms with Gasteiger partial charge in [0.15, 0.2) is 0 Å². The minimum absolute atomic E-state index is 0.0704. The van der Waals surface area contributed by atoms with E-state index in [0.29, 0.717) is 0 Å². The Labute approximate surface area is 318 Å². The molecule has 0 fully saturated rings. The first-order valence-electron chi connectivity index (χ1n) is 18.7. The Hall–Kier alpha value is -6.42. The normalized spacial score (nSPS) is 13.1. The van der Waals surface area contributed by atoms with E-state index in [1.165, 1.54) is 86.7 Å². The zero-order chi connectivity index (χ0) is 36.0. The van der Waals surface area contributed by atoms with Gasteiger partial charge in [0.1, 0.15) is 0 Å². The van der Waals surface area contributed by atoms with Crippen LogP contribution in [0.5, 0.6) is 0 Å². The molecule has 2 heterocycles. The van der Waals surface area contributed by atoms with Gasteiger partial charge in [-0.25, -0.2) is 0 Å². The number of anilines is 3. The lowest BCUT2D eigenvalue weighted by Gasteiger charge is -2.28. The highest BCUT2D eigenvalue weighted by Gasteiger charge is 2.35. The molecule has 0 spiro atoms. The molecule has 0 atom stereocenters. The molecule has 0 unspecified atom stereocenters. The van der Waals surface area contributed by atoms with Crippen LogP contribution < -0.4 is 4.90 Å². The Balaban J connectivity index is 1.02. The van der Waals surface area contributed by atoms with Crippen LogP contribution in [0.25, 0.3) is 69.9 Å². The van der Waals surface area contributed by atoms with Crippen molar-refractivity contribution in [3.8, 4) is 27.9 Å². The van der Waals surface area contributed by atoms with Gasteiger partial charge >= 0.3 is 0 Å². The molecular formula is C51H36N2S. The molecule has 0 saturated carbocycles. The average Bonchev–Trinajstić information content (AvgIpc) is 3.83. The summed E-state index contributed by atoms with van der Waals surface area (Å²) in [5.41, 5.74) is 15.0. The Morgan fingerprint density at radius 1 is 0.426 bits per heavy atom. The molecule has 0 amide bonds. The summed E-state index contributed by atoms with van der Waals surface area (Å²) in [4.78, 5) is 2.41. The van der Waals surface area contributed by atoms with E-state index in [1.54, 1.807) is 0 Å². The van der Waals surface area contributed by atoms with Crippen LogP contribution in [0.1, 0.15) is 25.0 Å². The molecule has 1 aliphatic rings. The first-order chi connectivity index (χ1) is 26.5. The summed E-state index contributed by atoms with van der Waals surface area (Å²) in [5.74, 6) is 0. The Morgan fingerprint density at radius 2 is 1.09 bits per heavy atom. The second-order valence-electron chi connectivity index (χ2n) is 15.0. The maximum atomic E-state index is 2.42. The fourth-order valence-corrected chi connectivity index (χ4v) is 10.1. The number of thiophene rings is 1. The lowest BCUT2D eigenvalue weighted by Crippen LogP contribution is -2.16. The van der Waals surface area contributed by atoms with Gasteiger partial charge in [-0.3, -0.25) is 0 Å². The minimum atomic E-state index is -0.0704. The maximum absolute atomic E-state index is 2.42. The molecule has 0 saturated heterocycles. The molecule has 10 aromatic rings. The summed E-state index contributed by atoms with van der Waals surface area (Å²) >= 11 is 1.88. The number of benzene rings is 8. The molecule has 0 N–H and O–H groups in total. The highest BCUT2D eigenvalue weighted by Crippen LogP contribution is 2.51. The smallest absolute Gasteiger partial charge is 0.0541 e. The standard InChI is InChI=1S/C51H36N2S/c1-51(2)45-19-11-9-17-39(45)40-26-23-38(32-46(40)51)52(35-13-5-3-6-14-35)37-24-28-49-44(31-37)42-25-21-34(30-50(42)54-49)33-22-27-48-43(29-33)41-18-10-12-20-47(41)53(48)36-15-7-4-8-16-36/h3-32H,1-2H3. The van der Waals surface area contributed by atoms with Gasteiger partial charge in [-0.15, -0.1) is 11.3 Å². The Kier molecular flexibility index (Phi) is 6.80. The van der Waals surface area contributed by atoms with Crippen molar-refractivity contribution >= 4 is 70.4 Å². The SMILES string of the molecule is CC1(C)c2ccccc2-c2ccc(N(c3ccccc3)c3ccc4sc5cc(-c6ccc7c(c6)c6ccccc6n7-c6ccccc6)ccc5c4c3)cc21. The van der Waals surface area contributed by atoms with Crippen molar-refractivity contribution in [2.75, 3.05) is 4.90 Å². The molecule has 8 aromatic carbocycles.